The molecule has 3 heteroatoms. The Labute approximate surface area is 119 Å². The van der Waals surface area contributed by atoms with Gasteiger partial charge in [-0.25, -0.2) is 0 Å². The van der Waals surface area contributed by atoms with E-state index in [0.29, 0.717) is 0 Å². The van der Waals surface area contributed by atoms with Crippen LogP contribution in [-0.4, -0.2) is 11.8 Å². The van der Waals surface area contributed by atoms with Crippen LogP contribution in [0.3, 0.4) is 0 Å². The molecule has 0 radical (unpaired) electrons. The van der Waals surface area contributed by atoms with Gasteiger partial charge in [-0.3, -0.25) is 0 Å². The Hall–Kier alpha value is -1.77. The van der Waals surface area contributed by atoms with Crippen molar-refractivity contribution < 1.29 is 9.26 Å². The quantitative estimate of drug-likeness (QED) is 0.788. The normalized spacial score (nSPS) is 15.8. The van der Waals surface area contributed by atoms with Crippen LogP contribution in [0.5, 0.6) is 5.75 Å². The average molecular weight is 271 g/mol. The fourth-order valence-corrected chi connectivity index (χ4v) is 2.23. The lowest BCUT2D eigenvalue weighted by atomic mass is 10.1. The molecule has 0 unspecified atom stereocenters. The molecule has 3 rings (SSSR count). The van der Waals surface area contributed by atoms with E-state index in [1.54, 1.807) is 0 Å². The third kappa shape index (κ3) is 2.58. The first kappa shape index (κ1) is 13.2. The first-order valence-corrected chi connectivity index (χ1v) is 7.38. The van der Waals surface area contributed by atoms with Gasteiger partial charge in [0.1, 0.15) is 5.75 Å². The molecule has 1 heterocycles. The van der Waals surface area contributed by atoms with Crippen molar-refractivity contribution in [2.24, 2.45) is 5.92 Å². The maximum atomic E-state index is 5.99. The molecular weight excluding hydrogens is 250 g/mol. The predicted octanol–water partition coefficient (Wildman–Crippen LogP) is 4.74. The minimum Gasteiger partial charge on any atom is -0.493 e. The van der Waals surface area contributed by atoms with Gasteiger partial charge < -0.3 is 9.26 Å². The van der Waals surface area contributed by atoms with E-state index in [9.17, 15) is 0 Å². The molecule has 20 heavy (non-hydrogen) atoms. The minimum atomic E-state index is 0.742. The number of rotatable bonds is 5. The third-order valence-corrected chi connectivity index (χ3v) is 3.94. The molecule has 1 aromatic heterocycles. The standard InChI is InChI=1S/C17H21NO2/c1-4-11(2)9-15-16(19-10-13-5-6-13)8-7-14-12(3)18-20-17(14)15/h7-9,13H,4-6,10H2,1-3H3/b11-9+. The summed E-state index contributed by atoms with van der Waals surface area (Å²) >= 11 is 0. The van der Waals surface area contributed by atoms with Crippen LogP contribution in [0.4, 0.5) is 0 Å². The number of benzene rings is 1. The molecule has 1 aliphatic rings. The molecule has 1 saturated carbocycles. The molecule has 0 N–H and O–H groups in total. The van der Waals surface area contributed by atoms with Crippen molar-refractivity contribution in [1.29, 1.82) is 0 Å². The molecule has 0 atom stereocenters. The van der Waals surface area contributed by atoms with Crippen LogP contribution in [0.2, 0.25) is 0 Å². The molecule has 1 fully saturated rings. The number of ether oxygens (including phenoxy) is 1. The van der Waals surface area contributed by atoms with Gasteiger partial charge in [0.05, 0.1) is 17.9 Å². The van der Waals surface area contributed by atoms with Crippen molar-refractivity contribution in [3.05, 3.63) is 29.0 Å². The van der Waals surface area contributed by atoms with E-state index in [4.69, 9.17) is 9.26 Å². The smallest absolute Gasteiger partial charge is 0.178 e. The molecule has 0 amide bonds. The second-order valence-electron chi connectivity index (χ2n) is 5.72. The van der Waals surface area contributed by atoms with E-state index < -0.39 is 0 Å². The Balaban J connectivity index is 2.04. The number of aryl methyl sites for hydroxylation is 1. The van der Waals surface area contributed by atoms with E-state index >= 15 is 0 Å². The number of nitrogens with zero attached hydrogens (tertiary/aromatic N) is 1. The predicted molar refractivity (Wildman–Crippen MR) is 80.9 cm³/mol. The first-order chi connectivity index (χ1) is 9.69. The molecular formula is C17H21NO2. The van der Waals surface area contributed by atoms with Crippen LogP contribution < -0.4 is 4.74 Å². The zero-order valence-electron chi connectivity index (χ0n) is 12.4. The molecule has 106 valence electrons. The summed E-state index contributed by atoms with van der Waals surface area (Å²) in [6, 6.07) is 4.09. The SMILES string of the molecule is CC/C(C)=C/c1c(OCC2CC2)ccc2c(C)noc12. The van der Waals surface area contributed by atoms with Crippen molar-refractivity contribution in [3.8, 4) is 5.75 Å². The summed E-state index contributed by atoms with van der Waals surface area (Å²) in [5.41, 5.74) is 4.10. The van der Waals surface area contributed by atoms with E-state index in [0.717, 1.165) is 46.9 Å². The van der Waals surface area contributed by atoms with Crippen molar-refractivity contribution in [3.63, 3.8) is 0 Å². The maximum Gasteiger partial charge on any atom is 0.178 e. The van der Waals surface area contributed by atoms with Crippen molar-refractivity contribution in [2.75, 3.05) is 6.61 Å². The lowest BCUT2D eigenvalue weighted by molar-refractivity contribution is 0.299. The number of aromatic nitrogens is 1. The van der Waals surface area contributed by atoms with Crippen LogP contribution in [-0.2, 0) is 0 Å². The summed E-state index contributed by atoms with van der Waals surface area (Å²) in [5, 5.41) is 5.15. The number of fused-ring (bicyclic) bond motifs is 1. The fourth-order valence-electron chi connectivity index (χ4n) is 2.23. The van der Waals surface area contributed by atoms with Gasteiger partial charge in [0.2, 0.25) is 0 Å². The number of allylic oxidation sites excluding steroid dienone is 1. The third-order valence-electron chi connectivity index (χ3n) is 3.94. The van der Waals surface area contributed by atoms with Crippen molar-refractivity contribution >= 4 is 17.0 Å². The summed E-state index contributed by atoms with van der Waals surface area (Å²) in [6.45, 7) is 7.07. The second-order valence-corrected chi connectivity index (χ2v) is 5.72. The minimum absolute atomic E-state index is 0.742. The Morgan fingerprint density at radius 1 is 1.45 bits per heavy atom. The Morgan fingerprint density at radius 2 is 2.25 bits per heavy atom. The highest BCUT2D eigenvalue weighted by Gasteiger charge is 2.23. The molecule has 0 bridgehead atoms. The lowest BCUT2D eigenvalue weighted by Gasteiger charge is -2.09. The molecule has 0 aliphatic heterocycles. The van der Waals surface area contributed by atoms with Gasteiger partial charge in [-0.15, -0.1) is 0 Å². The zero-order chi connectivity index (χ0) is 14.1. The average Bonchev–Trinajstić information content (AvgIpc) is 3.21. The summed E-state index contributed by atoms with van der Waals surface area (Å²) in [6.07, 6.45) is 5.77. The highest BCUT2D eigenvalue weighted by Crippen LogP contribution is 2.34. The lowest BCUT2D eigenvalue weighted by Crippen LogP contribution is -2.00. The Kier molecular flexibility index (Phi) is 3.51. The molecule has 2 aromatic rings. The number of hydrogen-bond acceptors (Lipinski definition) is 3. The van der Waals surface area contributed by atoms with E-state index in [1.807, 2.05) is 19.1 Å². The largest absolute Gasteiger partial charge is 0.493 e. The van der Waals surface area contributed by atoms with Crippen LogP contribution >= 0.6 is 0 Å². The fraction of sp³-hybridized carbons (Fsp3) is 0.471. The molecule has 3 nitrogen and oxygen atoms in total. The van der Waals surface area contributed by atoms with Crippen LogP contribution in [0.15, 0.2) is 22.2 Å². The van der Waals surface area contributed by atoms with Crippen LogP contribution in [0.1, 0.15) is 44.4 Å². The van der Waals surface area contributed by atoms with Crippen LogP contribution in [0.25, 0.3) is 17.0 Å². The van der Waals surface area contributed by atoms with E-state index in [-0.39, 0.29) is 0 Å². The molecule has 0 saturated heterocycles. The van der Waals surface area contributed by atoms with E-state index in [2.05, 4.69) is 25.1 Å². The van der Waals surface area contributed by atoms with Gasteiger partial charge in [-0.2, -0.15) is 0 Å². The van der Waals surface area contributed by atoms with E-state index in [1.165, 1.54) is 18.4 Å². The van der Waals surface area contributed by atoms with Gasteiger partial charge in [-0.05, 0) is 57.2 Å². The second kappa shape index (κ2) is 5.31. The summed E-state index contributed by atoms with van der Waals surface area (Å²) in [7, 11) is 0. The van der Waals surface area contributed by atoms with Gasteiger partial charge in [0.15, 0.2) is 5.58 Å². The van der Waals surface area contributed by atoms with Crippen LogP contribution in [0, 0.1) is 12.8 Å². The first-order valence-electron chi connectivity index (χ1n) is 7.38. The highest BCUT2D eigenvalue weighted by atomic mass is 16.5. The monoisotopic (exact) mass is 271 g/mol. The van der Waals surface area contributed by atoms with Gasteiger partial charge in [-0.1, -0.05) is 17.7 Å². The summed E-state index contributed by atoms with van der Waals surface area (Å²) in [5.74, 6) is 1.65. The van der Waals surface area contributed by atoms with Gasteiger partial charge in [0, 0.05) is 5.39 Å². The topological polar surface area (TPSA) is 35.3 Å². The van der Waals surface area contributed by atoms with Crippen molar-refractivity contribution in [2.45, 2.75) is 40.0 Å². The molecule has 0 spiro atoms. The summed E-state index contributed by atoms with van der Waals surface area (Å²) < 4.78 is 11.5. The maximum absolute atomic E-state index is 5.99. The number of hydrogen-bond donors (Lipinski definition) is 0. The Bertz CT molecular complexity index is 650. The zero-order valence-corrected chi connectivity index (χ0v) is 12.4. The van der Waals surface area contributed by atoms with Gasteiger partial charge >= 0.3 is 0 Å². The van der Waals surface area contributed by atoms with Gasteiger partial charge in [0.25, 0.3) is 0 Å². The summed E-state index contributed by atoms with van der Waals surface area (Å²) in [4.78, 5) is 0. The Morgan fingerprint density at radius 3 is 2.95 bits per heavy atom. The van der Waals surface area contributed by atoms with Crippen molar-refractivity contribution in [1.82, 2.24) is 5.16 Å². The highest BCUT2D eigenvalue weighted by molar-refractivity contribution is 5.90. The molecule has 1 aliphatic carbocycles. The molecule has 1 aromatic carbocycles.